The Hall–Kier alpha value is -1.39. The normalized spacial score (nSPS) is 11.9. The first-order chi connectivity index (χ1) is 9.46. The molecule has 0 saturated heterocycles. The highest BCUT2D eigenvalue weighted by Gasteiger charge is 2.16. The third-order valence-corrected chi connectivity index (χ3v) is 4.35. The van der Waals surface area contributed by atoms with Crippen molar-refractivity contribution in [3.63, 3.8) is 0 Å². The highest BCUT2D eigenvalue weighted by atomic mass is 32.2. The van der Waals surface area contributed by atoms with Crippen molar-refractivity contribution in [2.45, 2.75) is 30.4 Å². The molecule has 0 saturated carbocycles. The van der Waals surface area contributed by atoms with Crippen molar-refractivity contribution in [2.24, 2.45) is 0 Å². The Bertz CT molecular complexity index is 610. The van der Waals surface area contributed by atoms with Crippen LogP contribution in [0.5, 0.6) is 0 Å². The first-order valence-electron chi connectivity index (χ1n) is 6.35. The number of thioether (sulfide) groups is 1. The highest BCUT2D eigenvalue weighted by molar-refractivity contribution is 8.00. The second-order valence-electron chi connectivity index (χ2n) is 5.31. The predicted octanol–water partition coefficient (Wildman–Crippen LogP) is 4.93. The third-order valence-electron chi connectivity index (χ3n) is 2.42. The van der Waals surface area contributed by atoms with Gasteiger partial charge in [-0.1, -0.05) is 32.9 Å². The zero-order chi connectivity index (χ0) is 14.6. The topological polar surface area (TPSA) is 30.0 Å². The average molecular weight is 303 g/mol. The van der Waals surface area contributed by atoms with Crippen LogP contribution in [0.25, 0.3) is 6.08 Å². The van der Waals surface area contributed by atoms with Gasteiger partial charge in [0.15, 0.2) is 5.78 Å². The van der Waals surface area contributed by atoms with E-state index in [2.05, 4.69) is 25.8 Å². The number of ketones is 1. The molecule has 0 amide bonds. The second-order valence-corrected chi connectivity index (χ2v) is 8.10. The molecular formula is C16H17NOS2. The highest BCUT2D eigenvalue weighted by Crippen LogP contribution is 2.34. The number of carbonyl (C=O) groups excluding carboxylic acids is 1. The zero-order valence-corrected chi connectivity index (χ0v) is 13.4. The summed E-state index contributed by atoms with van der Waals surface area (Å²) in [5.41, 5.74) is 2.52. The molecular weight excluding hydrogens is 286 g/mol. The molecule has 0 spiro atoms. The van der Waals surface area contributed by atoms with E-state index < -0.39 is 0 Å². The van der Waals surface area contributed by atoms with Gasteiger partial charge in [-0.25, -0.2) is 0 Å². The third kappa shape index (κ3) is 4.32. The predicted molar refractivity (Wildman–Crippen MR) is 87.5 cm³/mol. The van der Waals surface area contributed by atoms with E-state index in [1.165, 1.54) is 11.3 Å². The van der Waals surface area contributed by atoms with Crippen LogP contribution in [0.15, 0.2) is 46.9 Å². The number of benzene rings is 1. The molecule has 2 aromatic rings. The molecule has 0 bridgehead atoms. The minimum Gasteiger partial charge on any atom is -0.289 e. The summed E-state index contributed by atoms with van der Waals surface area (Å²) < 4.78 is 0.0811. The number of rotatable bonds is 4. The minimum absolute atomic E-state index is 0.0331. The molecule has 0 aliphatic heterocycles. The Labute approximate surface area is 127 Å². The Morgan fingerprint density at radius 3 is 2.70 bits per heavy atom. The van der Waals surface area contributed by atoms with Crippen molar-refractivity contribution in [3.05, 3.63) is 52.5 Å². The lowest BCUT2D eigenvalue weighted by Crippen LogP contribution is -2.08. The van der Waals surface area contributed by atoms with E-state index in [0.29, 0.717) is 0 Å². The number of hydrogen-bond donors (Lipinski definition) is 0. The minimum atomic E-state index is 0.0331. The van der Waals surface area contributed by atoms with Crippen molar-refractivity contribution >= 4 is 35.0 Å². The van der Waals surface area contributed by atoms with Crippen LogP contribution in [0, 0.1) is 0 Å². The van der Waals surface area contributed by atoms with Gasteiger partial charge in [0.25, 0.3) is 0 Å². The fourth-order valence-corrected chi connectivity index (χ4v) is 3.24. The quantitative estimate of drug-likeness (QED) is 0.456. The number of nitrogens with zero attached hydrogens (tertiary/aromatic N) is 1. The summed E-state index contributed by atoms with van der Waals surface area (Å²) in [6, 6.07) is 7.76. The first-order valence-corrected chi connectivity index (χ1v) is 8.04. The zero-order valence-electron chi connectivity index (χ0n) is 11.8. The van der Waals surface area contributed by atoms with Crippen LogP contribution in [0.3, 0.4) is 0 Å². The number of allylic oxidation sites excluding steroid dienone is 1. The molecule has 1 aromatic heterocycles. The van der Waals surface area contributed by atoms with Gasteiger partial charge in [0, 0.05) is 26.3 Å². The Kier molecular flexibility index (Phi) is 4.78. The maximum atomic E-state index is 12.3. The average Bonchev–Trinajstić information content (AvgIpc) is 2.88. The summed E-state index contributed by atoms with van der Waals surface area (Å²) in [6.07, 6.45) is 5.19. The van der Waals surface area contributed by atoms with Gasteiger partial charge in [-0.05, 0) is 24.3 Å². The molecule has 0 aliphatic rings. The molecule has 20 heavy (non-hydrogen) atoms. The van der Waals surface area contributed by atoms with E-state index in [1.807, 2.05) is 30.3 Å². The fraction of sp³-hybridized carbons (Fsp3) is 0.250. The van der Waals surface area contributed by atoms with Crippen LogP contribution in [-0.4, -0.2) is 15.5 Å². The number of hydrogen-bond acceptors (Lipinski definition) is 4. The molecule has 1 aromatic carbocycles. The second kappa shape index (κ2) is 6.37. The van der Waals surface area contributed by atoms with Gasteiger partial charge in [-0.2, -0.15) is 0 Å². The number of carbonyl (C=O) groups is 1. The van der Waals surface area contributed by atoms with Gasteiger partial charge in [-0.15, -0.1) is 23.1 Å². The van der Waals surface area contributed by atoms with Gasteiger partial charge >= 0.3 is 0 Å². The lowest BCUT2D eigenvalue weighted by Gasteiger charge is -2.19. The van der Waals surface area contributed by atoms with Crippen molar-refractivity contribution in [1.29, 1.82) is 0 Å². The maximum Gasteiger partial charge on any atom is 0.187 e. The standard InChI is InChI=1S/C16H17NOS2/c1-16(2,3)20-15-7-5-4-6-13(15)14(18)9-8-12-10-17-11-19-12/h4-11H,1-3H3. The summed E-state index contributed by atoms with van der Waals surface area (Å²) in [7, 11) is 0. The molecule has 104 valence electrons. The molecule has 2 rings (SSSR count). The number of aromatic nitrogens is 1. The summed E-state index contributed by atoms with van der Waals surface area (Å²) in [5.74, 6) is 0.0331. The molecule has 2 nitrogen and oxygen atoms in total. The summed E-state index contributed by atoms with van der Waals surface area (Å²) in [6.45, 7) is 6.43. The summed E-state index contributed by atoms with van der Waals surface area (Å²) >= 11 is 3.23. The van der Waals surface area contributed by atoms with E-state index in [-0.39, 0.29) is 10.5 Å². The van der Waals surface area contributed by atoms with E-state index in [0.717, 1.165) is 15.3 Å². The Morgan fingerprint density at radius 1 is 1.30 bits per heavy atom. The molecule has 0 radical (unpaired) electrons. The van der Waals surface area contributed by atoms with E-state index in [4.69, 9.17) is 0 Å². The van der Waals surface area contributed by atoms with Crippen molar-refractivity contribution < 1.29 is 4.79 Å². The van der Waals surface area contributed by atoms with Gasteiger partial charge in [0.2, 0.25) is 0 Å². The maximum absolute atomic E-state index is 12.3. The smallest absolute Gasteiger partial charge is 0.187 e. The fourth-order valence-electron chi connectivity index (χ4n) is 1.64. The van der Waals surface area contributed by atoms with Gasteiger partial charge in [-0.3, -0.25) is 9.78 Å². The van der Waals surface area contributed by atoms with Crippen LogP contribution >= 0.6 is 23.1 Å². The number of thiazole rings is 1. The summed E-state index contributed by atoms with van der Waals surface area (Å²) in [4.78, 5) is 18.3. The largest absolute Gasteiger partial charge is 0.289 e. The van der Waals surface area contributed by atoms with Crippen molar-refractivity contribution in [2.75, 3.05) is 0 Å². The molecule has 4 heteroatoms. The van der Waals surface area contributed by atoms with E-state index >= 15 is 0 Å². The molecule has 0 unspecified atom stereocenters. The van der Waals surface area contributed by atoms with E-state index in [9.17, 15) is 4.79 Å². The van der Waals surface area contributed by atoms with Gasteiger partial charge < -0.3 is 0 Å². The van der Waals surface area contributed by atoms with Crippen LogP contribution in [0.4, 0.5) is 0 Å². The van der Waals surface area contributed by atoms with Crippen LogP contribution in [0.2, 0.25) is 0 Å². The van der Waals surface area contributed by atoms with Gasteiger partial charge in [0.1, 0.15) is 0 Å². The molecule has 0 atom stereocenters. The Balaban J connectivity index is 2.21. The van der Waals surface area contributed by atoms with E-state index in [1.54, 1.807) is 29.5 Å². The molecule has 0 N–H and O–H groups in total. The molecule has 0 fully saturated rings. The van der Waals surface area contributed by atoms with Crippen LogP contribution in [0.1, 0.15) is 36.0 Å². The Morgan fingerprint density at radius 2 is 2.05 bits per heavy atom. The monoisotopic (exact) mass is 303 g/mol. The lowest BCUT2D eigenvalue weighted by molar-refractivity contribution is 0.104. The van der Waals surface area contributed by atoms with Crippen LogP contribution < -0.4 is 0 Å². The van der Waals surface area contributed by atoms with Crippen molar-refractivity contribution in [1.82, 2.24) is 4.98 Å². The van der Waals surface area contributed by atoms with Gasteiger partial charge in [0.05, 0.1) is 5.51 Å². The first kappa shape index (κ1) is 15.0. The van der Waals surface area contributed by atoms with Crippen molar-refractivity contribution in [3.8, 4) is 0 Å². The van der Waals surface area contributed by atoms with Crippen LogP contribution in [-0.2, 0) is 0 Å². The lowest BCUT2D eigenvalue weighted by atomic mass is 10.1. The SMILES string of the molecule is CC(C)(C)Sc1ccccc1C(=O)C=Cc1cncs1. The summed E-state index contributed by atoms with van der Waals surface area (Å²) in [5, 5.41) is 0. The molecule has 1 heterocycles. The molecule has 0 aliphatic carbocycles.